The van der Waals surface area contributed by atoms with Gasteiger partial charge in [0.25, 0.3) is 0 Å². The Morgan fingerprint density at radius 3 is 2.25 bits per heavy atom. The van der Waals surface area contributed by atoms with E-state index in [-0.39, 0.29) is 10.8 Å². The summed E-state index contributed by atoms with van der Waals surface area (Å²) in [4.78, 5) is 10.3. The Bertz CT molecular complexity index is 121. The van der Waals surface area contributed by atoms with Crippen LogP contribution in [0.3, 0.4) is 0 Å². The van der Waals surface area contributed by atoms with Crippen LogP contribution in [0.5, 0.6) is 0 Å². The van der Waals surface area contributed by atoms with E-state index in [9.17, 15) is 4.79 Å². The first-order valence-corrected chi connectivity index (χ1v) is 3.21. The van der Waals surface area contributed by atoms with Crippen molar-refractivity contribution in [3.8, 4) is 0 Å². The smallest absolute Gasteiger partial charge is 0.188 e. The molecule has 0 aliphatic rings. The molecule has 0 rings (SSSR count). The van der Waals surface area contributed by atoms with Crippen LogP contribution in [0.1, 0.15) is 6.92 Å². The number of nitrogens with zero attached hydrogens (tertiary/aromatic N) is 1. The minimum absolute atomic E-state index is 0.144. The van der Waals surface area contributed by atoms with Gasteiger partial charge in [-0.05, 0) is 6.26 Å². The van der Waals surface area contributed by atoms with Gasteiger partial charge in [0.2, 0.25) is 0 Å². The lowest BCUT2D eigenvalue weighted by atomic mass is 10.5. The van der Waals surface area contributed by atoms with Crippen molar-refractivity contribution in [1.29, 1.82) is 0 Å². The molecule has 0 radical (unpaired) electrons. The summed E-state index contributed by atoms with van der Waals surface area (Å²) in [6.45, 7) is 1.35. The third-order valence-corrected chi connectivity index (χ3v) is 1.34. The number of carbonyl (C=O) groups excluding carboxylic acids is 1. The van der Waals surface area contributed by atoms with Crippen molar-refractivity contribution < 1.29 is 10.0 Å². The van der Waals surface area contributed by atoms with Crippen molar-refractivity contribution in [2.24, 2.45) is 5.16 Å². The predicted molar refractivity (Wildman–Crippen MR) is 33.4 cm³/mol. The molecule has 0 aliphatic carbocycles. The third kappa shape index (κ3) is 1.97. The molecule has 8 heavy (non-hydrogen) atoms. The molecule has 0 aromatic heterocycles. The Morgan fingerprint density at radius 2 is 2.25 bits per heavy atom. The van der Waals surface area contributed by atoms with Crippen molar-refractivity contribution in [3.63, 3.8) is 0 Å². The van der Waals surface area contributed by atoms with E-state index in [1.807, 2.05) is 0 Å². The highest BCUT2D eigenvalue weighted by Gasteiger charge is 2.01. The predicted octanol–water partition coefficient (Wildman–Crippen LogP) is 0.726. The maximum Gasteiger partial charge on any atom is 0.188 e. The van der Waals surface area contributed by atoms with E-state index in [4.69, 9.17) is 5.21 Å². The summed E-state index contributed by atoms with van der Waals surface area (Å²) in [6.07, 6.45) is 1.68. The van der Waals surface area contributed by atoms with Crippen LogP contribution in [0.15, 0.2) is 5.16 Å². The van der Waals surface area contributed by atoms with Gasteiger partial charge in [-0.1, -0.05) is 5.16 Å². The molecule has 0 unspecified atom stereocenters. The van der Waals surface area contributed by atoms with Gasteiger partial charge in [-0.2, -0.15) is 0 Å². The summed E-state index contributed by atoms with van der Waals surface area (Å²) >= 11 is 1.13. The molecule has 0 aromatic carbocycles. The van der Waals surface area contributed by atoms with Crippen molar-refractivity contribution in [2.75, 3.05) is 6.26 Å². The quantitative estimate of drug-likeness (QED) is 0.248. The summed E-state index contributed by atoms with van der Waals surface area (Å²) in [6, 6.07) is 0. The second-order valence-corrected chi connectivity index (χ2v) is 1.96. The molecule has 0 saturated heterocycles. The molecule has 0 amide bonds. The Hall–Kier alpha value is -0.510. The van der Waals surface area contributed by atoms with Gasteiger partial charge >= 0.3 is 0 Å². The van der Waals surface area contributed by atoms with E-state index >= 15 is 0 Å². The second-order valence-electron chi connectivity index (χ2n) is 1.17. The number of carbonyl (C=O) groups is 1. The minimum Gasteiger partial charge on any atom is -0.410 e. The van der Waals surface area contributed by atoms with E-state index in [0.717, 1.165) is 11.8 Å². The molecule has 1 N–H and O–H groups in total. The first kappa shape index (κ1) is 7.49. The highest BCUT2D eigenvalue weighted by molar-refractivity contribution is 8.15. The Morgan fingerprint density at radius 1 is 1.75 bits per heavy atom. The minimum atomic E-state index is -0.208. The number of rotatable bonds is 1. The fourth-order valence-electron chi connectivity index (χ4n) is 0.255. The molecule has 0 aromatic rings. The molecule has 0 aliphatic heterocycles. The molecule has 0 saturated carbocycles. The van der Waals surface area contributed by atoms with Gasteiger partial charge in [0.15, 0.2) is 10.8 Å². The number of hydrogen-bond donors (Lipinski definition) is 1. The van der Waals surface area contributed by atoms with Gasteiger partial charge in [0.1, 0.15) is 0 Å². The fraction of sp³-hybridized carbons (Fsp3) is 0.500. The zero-order valence-electron chi connectivity index (χ0n) is 4.71. The number of ketones is 1. The van der Waals surface area contributed by atoms with E-state index < -0.39 is 0 Å². The van der Waals surface area contributed by atoms with Crippen molar-refractivity contribution in [3.05, 3.63) is 0 Å². The molecule has 0 atom stereocenters. The van der Waals surface area contributed by atoms with Crippen molar-refractivity contribution in [2.45, 2.75) is 6.92 Å². The Labute approximate surface area is 51.8 Å². The SMILES string of the molecule is CS/C(=N/O)C(C)=O. The zero-order chi connectivity index (χ0) is 6.57. The summed E-state index contributed by atoms with van der Waals surface area (Å²) in [5.41, 5.74) is 0. The first-order valence-electron chi connectivity index (χ1n) is 1.99. The fourth-order valence-corrected chi connectivity index (χ4v) is 0.624. The normalized spacial score (nSPS) is 11.5. The van der Waals surface area contributed by atoms with Crippen molar-refractivity contribution >= 4 is 22.6 Å². The van der Waals surface area contributed by atoms with Gasteiger partial charge in [-0.25, -0.2) is 0 Å². The Kier molecular flexibility index (Phi) is 3.26. The molecule has 0 heterocycles. The van der Waals surface area contributed by atoms with E-state index in [1.165, 1.54) is 6.92 Å². The van der Waals surface area contributed by atoms with Crippen LogP contribution in [-0.4, -0.2) is 22.3 Å². The van der Waals surface area contributed by atoms with Crippen LogP contribution < -0.4 is 0 Å². The summed E-state index contributed by atoms with van der Waals surface area (Å²) < 4.78 is 0. The van der Waals surface area contributed by atoms with Crippen LogP contribution in [0.2, 0.25) is 0 Å². The first-order chi connectivity index (χ1) is 3.72. The Balaban J connectivity index is 3.92. The van der Waals surface area contributed by atoms with Gasteiger partial charge in [-0.3, -0.25) is 4.79 Å². The highest BCUT2D eigenvalue weighted by Crippen LogP contribution is 1.96. The van der Waals surface area contributed by atoms with E-state index in [2.05, 4.69) is 5.16 Å². The highest BCUT2D eigenvalue weighted by atomic mass is 32.2. The maximum atomic E-state index is 10.3. The lowest BCUT2D eigenvalue weighted by Gasteiger charge is -1.88. The third-order valence-electron chi connectivity index (χ3n) is 0.585. The second kappa shape index (κ2) is 3.49. The van der Waals surface area contributed by atoms with Gasteiger partial charge in [0.05, 0.1) is 0 Å². The van der Waals surface area contributed by atoms with Gasteiger partial charge < -0.3 is 5.21 Å². The lowest BCUT2D eigenvalue weighted by molar-refractivity contribution is -0.110. The molecule has 46 valence electrons. The zero-order valence-corrected chi connectivity index (χ0v) is 5.53. The number of thioether (sulfide) groups is 1. The number of oxime groups is 1. The van der Waals surface area contributed by atoms with Crippen LogP contribution >= 0.6 is 11.8 Å². The van der Waals surface area contributed by atoms with Gasteiger partial charge in [-0.15, -0.1) is 11.8 Å². The summed E-state index contributed by atoms with van der Waals surface area (Å²) in [5.74, 6) is -0.208. The average Bonchev–Trinajstić information content (AvgIpc) is 1.69. The van der Waals surface area contributed by atoms with E-state index in [0.29, 0.717) is 0 Å². The molecule has 0 fully saturated rings. The van der Waals surface area contributed by atoms with Crippen LogP contribution in [-0.2, 0) is 4.79 Å². The summed E-state index contributed by atoms with van der Waals surface area (Å²) in [5, 5.41) is 10.9. The molecular weight excluding hydrogens is 126 g/mol. The van der Waals surface area contributed by atoms with E-state index in [1.54, 1.807) is 6.26 Å². The van der Waals surface area contributed by atoms with Gasteiger partial charge in [0, 0.05) is 6.92 Å². The molecular formula is C4H7NO2S. The molecule has 4 heteroatoms. The standard InChI is InChI=1S/C4H7NO2S/c1-3(6)4(5-7)8-2/h7H,1-2H3/b5-4+. The number of hydrogen-bond acceptors (Lipinski definition) is 4. The maximum absolute atomic E-state index is 10.3. The molecule has 0 spiro atoms. The molecule has 0 bridgehead atoms. The topological polar surface area (TPSA) is 49.7 Å². The summed E-state index contributed by atoms with van der Waals surface area (Å²) in [7, 11) is 0. The lowest BCUT2D eigenvalue weighted by Crippen LogP contribution is -2.03. The molecule has 3 nitrogen and oxygen atoms in total. The largest absolute Gasteiger partial charge is 0.410 e. The monoisotopic (exact) mass is 133 g/mol. The van der Waals surface area contributed by atoms with Crippen LogP contribution in [0.25, 0.3) is 0 Å². The van der Waals surface area contributed by atoms with Crippen LogP contribution in [0.4, 0.5) is 0 Å². The average molecular weight is 133 g/mol. The number of Topliss-reactive ketones (excluding diaryl/α,β-unsaturated/α-hetero) is 1. The van der Waals surface area contributed by atoms with Crippen LogP contribution in [0, 0.1) is 0 Å². The van der Waals surface area contributed by atoms with Crippen molar-refractivity contribution in [1.82, 2.24) is 0 Å².